The van der Waals surface area contributed by atoms with Crippen LogP contribution < -0.4 is 0 Å². The molecular formula is C10H18. The van der Waals surface area contributed by atoms with E-state index in [9.17, 15) is 0 Å². The maximum Gasteiger partial charge on any atom is -0.0181 e. The monoisotopic (exact) mass is 138 g/mol. The maximum absolute atomic E-state index is 2.44. The second kappa shape index (κ2) is 1.44. The van der Waals surface area contributed by atoms with Gasteiger partial charge in [-0.1, -0.05) is 34.1 Å². The van der Waals surface area contributed by atoms with Crippen LogP contribution in [-0.4, -0.2) is 0 Å². The van der Waals surface area contributed by atoms with E-state index >= 15 is 0 Å². The number of rotatable bonds is 1. The summed E-state index contributed by atoms with van der Waals surface area (Å²) < 4.78 is 0. The molecule has 0 saturated heterocycles. The molecule has 1 spiro atoms. The molecule has 0 aliphatic heterocycles. The van der Waals surface area contributed by atoms with Crippen molar-refractivity contribution in [3.8, 4) is 0 Å². The van der Waals surface area contributed by atoms with E-state index in [2.05, 4.69) is 27.7 Å². The van der Waals surface area contributed by atoms with Gasteiger partial charge in [0.2, 0.25) is 0 Å². The normalized spacial score (nSPS) is 55.2. The van der Waals surface area contributed by atoms with E-state index in [1.54, 1.807) is 0 Å². The minimum Gasteiger partial charge on any atom is -0.0651 e. The van der Waals surface area contributed by atoms with Crippen molar-refractivity contribution in [2.75, 3.05) is 0 Å². The largest absolute Gasteiger partial charge is 0.0651 e. The molecule has 0 nitrogen and oxygen atoms in total. The van der Waals surface area contributed by atoms with E-state index in [1.807, 2.05) is 0 Å². The minimum absolute atomic E-state index is 0.688. The van der Waals surface area contributed by atoms with Gasteiger partial charge >= 0.3 is 0 Å². The maximum atomic E-state index is 2.44. The summed E-state index contributed by atoms with van der Waals surface area (Å²) in [5.74, 6) is 2.09. The molecule has 0 N–H and O–H groups in total. The van der Waals surface area contributed by atoms with Gasteiger partial charge in [0, 0.05) is 0 Å². The highest BCUT2D eigenvalue weighted by molar-refractivity contribution is 5.27. The van der Waals surface area contributed by atoms with Gasteiger partial charge in [-0.25, -0.2) is 0 Å². The first-order valence-electron chi connectivity index (χ1n) is 4.57. The Kier molecular flexibility index (Phi) is 0.964. The van der Waals surface area contributed by atoms with Crippen LogP contribution in [0.3, 0.4) is 0 Å². The molecule has 10 heavy (non-hydrogen) atoms. The summed E-state index contributed by atoms with van der Waals surface area (Å²) in [6, 6.07) is 0. The molecule has 2 aliphatic rings. The topological polar surface area (TPSA) is 0 Å². The van der Waals surface area contributed by atoms with Crippen molar-refractivity contribution in [1.82, 2.24) is 0 Å². The number of hydrogen-bond donors (Lipinski definition) is 0. The summed E-state index contributed by atoms with van der Waals surface area (Å²) in [6.07, 6.45) is 2.94. The first-order chi connectivity index (χ1) is 4.57. The third-order valence-corrected chi connectivity index (χ3v) is 4.62. The Morgan fingerprint density at radius 3 is 2.00 bits per heavy atom. The van der Waals surface area contributed by atoms with Gasteiger partial charge in [0.05, 0.1) is 0 Å². The Balaban J connectivity index is 2.12. The van der Waals surface area contributed by atoms with Crippen LogP contribution in [0.2, 0.25) is 0 Å². The Morgan fingerprint density at radius 1 is 1.40 bits per heavy atom. The standard InChI is InChI=1S/C10H18/c1-5-8-6-10(8)7(2)9(10,3)4/h7-8H,5-6H2,1-4H3. The van der Waals surface area contributed by atoms with Crippen LogP contribution in [0.4, 0.5) is 0 Å². The van der Waals surface area contributed by atoms with Crippen molar-refractivity contribution in [2.45, 2.75) is 40.5 Å². The van der Waals surface area contributed by atoms with Gasteiger partial charge in [-0.05, 0) is 29.1 Å². The van der Waals surface area contributed by atoms with Gasteiger partial charge in [0.15, 0.2) is 0 Å². The van der Waals surface area contributed by atoms with Crippen molar-refractivity contribution < 1.29 is 0 Å². The third-order valence-electron chi connectivity index (χ3n) is 4.62. The molecule has 0 heterocycles. The fraction of sp³-hybridized carbons (Fsp3) is 1.00. The molecule has 0 amide bonds. The lowest BCUT2D eigenvalue weighted by Crippen LogP contribution is -1.91. The van der Waals surface area contributed by atoms with Gasteiger partial charge < -0.3 is 0 Å². The van der Waals surface area contributed by atoms with Crippen molar-refractivity contribution in [2.24, 2.45) is 22.7 Å². The van der Waals surface area contributed by atoms with Gasteiger partial charge in [0.1, 0.15) is 0 Å². The van der Waals surface area contributed by atoms with Crippen molar-refractivity contribution in [3.05, 3.63) is 0 Å². The Morgan fingerprint density at radius 2 is 1.90 bits per heavy atom. The zero-order chi connectivity index (χ0) is 7.57. The average molecular weight is 138 g/mol. The summed E-state index contributed by atoms with van der Waals surface area (Å²) in [7, 11) is 0. The average Bonchev–Trinajstić information content (AvgIpc) is 2.68. The first-order valence-corrected chi connectivity index (χ1v) is 4.57. The lowest BCUT2D eigenvalue weighted by Gasteiger charge is -1.98. The van der Waals surface area contributed by atoms with E-state index in [0.29, 0.717) is 5.41 Å². The predicted octanol–water partition coefficient (Wildman–Crippen LogP) is 3.08. The zero-order valence-electron chi connectivity index (χ0n) is 7.57. The summed E-state index contributed by atoms with van der Waals surface area (Å²) in [4.78, 5) is 0. The van der Waals surface area contributed by atoms with E-state index in [0.717, 1.165) is 17.3 Å². The molecule has 2 aliphatic carbocycles. The molecule has 0 radical (unpaired) electrons. The second-order valence-corrected chi connectivity index (χ2v) is 4.79. The Labute approximate surface area is 64.0 Å². The van der Waals surface area contributed by atoms with Crippen LogP contribution in [0.15, 0.2) is 0 Å². The molecule has 3 unspecified atom stereocenters. The molecular weight excluding hydrogens is 120 g/mol. The van der Waals surface area contributed by atoms with E-state index < -0.39 is 0 Å². The van der Waals surface area contributed by atoms with Crippen LogP contribution >= 0.6 is 0 Å². The third kappa shape index (κ3) is 0.436. The SMILES string of the molecule is CCC1CC12C(C)C2(C)C. The molecule has 0 bridgehead atoms. The molecule has 0 aromatic rings. The van der Waals surface area contributed by atoms with Gasteiger partial charge in [-0.3, -0.25) is 0 Å². The summed E-state index contributed by atoms with van der Waals surface area (Å²) in [5, 5.41) is 0. The predicted molar refractivity (Wildman–Crippen MR) is 43.8 cm³/mol. The molecule has 0 aromatic heterocycles. The fourth-order valence-electron chi connectivity index (χ4n) is 3.34. The van der Waals surface area contributed by atoms with Crippen molar-refractivity contribution >= 4 is 0 Å². The summed E-state index contributed by atoms with van der Waals surface area (Å²) >= 11 is 0. The molecule has 0 aromatic carbocycles. The summed E-state index contributed by atoms with van der Waals surface area (Å²) in [5.41, 5.74) is 1.51. The van der Waals surface area contributed by atoms with Gasteiger partial charge in [-0.15, -0.1) is 0 Å². The highest BCUT2D eigenvalue weighted by Gasteiger charge is 2.79. The molecule has 2 rings (SSSR count). The summed E-state index contributed by atoms with van der Waals surface area (Å²) in [6.45, 7) is 9.64. The van der Waals surface area contributed by atoms with Crippen LogP contribution in [0, 0.1) is 22.7 Å². The zero-order valence-corrected chi connectivity index (χ0v) is 7.57. The van der Waals surface area contributed by atoms with Crippen LogP contribution in [-0.2, 0) is 0 Å². The lowest BCUT2D eigenvalue weighted by molar-refractivity contribution is 0.507. The van der Waals surface area contributed by atoms with Crippen LogP contribution in [0.5, 0.6) is 0 Å². The number of hydrogen-bond acceptors (Lipinski definition) is 0. The highest BCUT2D eigenvalue weighted by atomic mass is 14.8. The lowest BCUT2D eigenvalue weighted by atomic mass is 10.1. The van der Waals surface area contributed by atoms with Crippen molar-refractivity contribution in [1.29, 1.82) is 0 Å². The molecule has 0 heteroatoms. The quantitative estimate of drug-likeness (QED) is 0.522. The van der Waals surface area contributed by atoms with E-state index in [4.69, 9.17) is 0 Å². The second-order valence-electron chi connectivity index (χ2n) is 4.79. The van der Waals surface area contributed by atoms with E-state index in [1.165, 1.54) is 12.8 Å². The van der Waals surface area contributed by atoms with Crippen LogP contribution in [0.25, 0.3) is 0 Å². The molecule has 2 fully saturated rings. The Hall–Kier alpha value is 0. The Bertz CT molecular complexity index is 169. The van der Waals surface area contributed by atoms with Gasteiger partial charge in [0.25, 0.3) is 0 Å². The highest BCUT2D eigenvalue weighted by Crippen LogP contribution is 2.85. The van der Waals surface area contributed by atoms with Crippen LogP contribution in [0.1, 0.15) is 40.5 Å². The molecule has 3 atom stereocenters. The van der Waals surface area contributed by atoms with Gasteiger partial charge in [-0.2, -0.15) is 0 Å². The first kappa shape index (κ1) is 6.69. The molecule has 2 saturated carbocycles. The van der Waals surface area contributed by atoms with E-state index in [-0.39, 0.29) is 0 Å². The minimum atomic E-state index is 0.688. The van der Waals surface area contributed by atoms with Crippen molar-refractivity contribution in [3.63, 3.8) is 0 Å². The molecule has 58 valence electrons. The smallest absolute Gasteiger partial charge is 0.0181 e. The fourth-order valence-corrected chi connectivity index (χ4v) is 3.34.